The van der Waals surface area contributed by atoms with Gasteiger partial charge in [0, 0.05) is 19.1 Å². The standard InChI is InChI=1S/C17H23NO2/c1-20-14-6-5-11-7-16(17(19)15(11)8-14)18-9-12-3-2-4-13(12)10-18/h5-6,8,12-13,16-17,19H,2-4,7,9-10H2,1H3. The fourth-order valence-electron chi connectivity index (χ4n) is 4.58. The Labute approximate surface area is 120 Å². The maximum Gasteiger partial charge on any atom is 0.119 e. The lowest BCUT2D eigenvalue weighted by molar-refractivity contribution is 0.0701. The number of fused-ring (bicyclic) bond motifs is 2. The van der Waals surface area contributed by atoms with Crippen LogP contribution < -0.4 is 4.74 Å². The molecule has 3 heteroatoms. The minimum Gasteiger partial charge on any atom is -0.497 e. The first-order valence-corrected chi connectivity index (χ1v) is 7.85. The Morgan fingerprint density at radius 3 is 2.65 bits per heavy atom. The van der Waals surface area contributed by atoms with Gasteiger partial charge in [-0.3, -0.25) is 4.90 Å². The number of methoxy groups -OCH3 is 1. The summed E-state index contributed by atoms with van der Waals surface area (Å²) < 4.78 is 5.28. The van der Waals surface area contributed by atoms with E-state index < -0.39 is 0 Å². The Morgan fingerprint density at radius 1 is 1.20 bits per heavy atom. The van der Waals surface area contributed by atoms with Crippen LogP contribution in [0.4, 0.5) is 0 Å². The highest BCUT2D eigenvalue weighted by atomic mass is 16.5. The van der Waals surface area contributed by atoms with Crippen LogP contribution in [0.5, 0.6) is 5.75 Å². The molecule has 1 aliphatic heterocycles. The van der Waals surface area contributed by atoms with Crippen LogP contribution >= 0.6 is 0 Å². The van der Waals surface area contributed by atoms with E-state index in [1.807, 2.05) is 12.1 Å². The molecule has 4 unspecified atom stereocenters. The second kappa shape index (κ2) is 4.74. The highest BCUT2D eigenvalue weighted by molar-refractivity contribution is 5.42. The summed E-state index contributed by atoms with van der Waals surface area (Å²) >= 11 is 0. The Kier molecular flexibility index (Phi) is 3.00. The van der Waals surface area contributed by atoms with Crippen LogP contribution in [0.3, 0.4) is 0 Å². The first kappa shape index (κ1) is 12.7. The quantitative estimate of drug-likeness (QED) is 0.898. The Balaban J connectivity index is 1.54. The average molecular weight is 273 g/mol. The number of rotatable bonds is 2. The van der Waals surface area contributed by atoms with Crippen molar-refractivity contribution in [2.75, 3.05) is 20.2 Å². The molecule has 4 atom stereocenters. The van der Waals surface area contributed by atoms with Gasteiger partial charge in [0.1, 0.15) is 5.75 Å². The van der Waals surface area contributed by atoms with Crippen molar-refractivity contribution < 1.29 is 9.84 Å². The summed E-state index contributed by atoms with van der Waals surface area (Å²) in [6.07, 6.45) is 4.84. The van der Waals surface area contributed by atoms with Gasteiger partial charge in [0.15, 0.2) is 0 Å². The van der Waals surface area contributed by atoms with Crippen LogP contribution in [0.15, 0.2) is 18.2 Å². The van der Waals surface area contributed by atoms with E-state index >= 15 is 0 Å². The van der Waals surface area contributed by atoms with E-state index in [-0.39, 0.29) is 12.1 Å². The molecule has 0 amide bonds. The van der Waals surface area contributed by atoms with Crippen LogP contribution in [-0.2, 0) is 6.42 Å². The molecular weight excluding hydrogens is 250 g/mol. The van der Waals surface area contributed by atoms with Crippen LogP contribution in [0.2, 0.25) is 0 Å². The molecule has 20 heavy (non-hydrogen) atoms. The third-order valence-corrected chi connectivity index (χ3v) is 5.69. The van der Waals surface area contributed by atoms with Crippen LogP contribution in [0.25, 0.3) is 0 Å². The third-order valence-electron chi connectivity index (χ3n) is 5.69. The fraction of sp³-hybridized carbons (Fsp3) is 0.647. The molecule has 4 rings (SSSR count). The van der Waals surface area contributed by atoms with Crippen LogP contribution in [0, 0.1) is 11.8 Å². The first-order valence-electron chi connectivity index (χ1n) is 7.85. The summed E-state index contributed by atoms with van der Waals surface area (Å²) in [5.41, 5.74) is 2.37. The summed E-state index contributed by atoms with van der Waals surface area (Å²) in [6.45, 7) is 2.38. The molecule has 0 spiro atoms. The van der Waals surface area contributed by atoms with Crippen molar-refractivity contribution >= 4 is 0 Å². The fourth-order valence-corrected chi connectivity index (χ4v) is 4.58. The molecule has 1 saturated heterocycles. The summed E-state index contributed by atoms with van der Waals surface area (Å²) in [5.74, 6) is 2.63. The third kappa shape index (κ3) is 1.87. The molecule has 0 aromatic heterocycles. The number of ether oxygens (including phenoxy) is 1. The minimum atomic E-state index is -0.348. The minimum absolute atomic E-state index is 0.280. The van der Waals surface area contributed by atoms with Gasteiger partial charge in [-0.2, -0.15) is 0 Å². The largest absolute Gasteiger partial charge is 0.497 e. The number of likely N-dealkylation sites (tertiary alicyclic amines) is 1. The maximum absolute atomic E-state index is 10.7. The van der Waals surface area contributed by atoms with Gasteiger partial charge in [0.2, 0.25) is 0 Å². The van der Waals surface area contributed by atoms with Crippen LogP contribution in [-0.4, -0.2) is 36.2 Å². The molecule has 3 aliphatic rings. The van der Waals surface area contributed by atoms with Crippen molar-refractivity contribution in [3.8, 4) is 5.75 Å². The van der Waals surface area contributed by atoms with E-state index in [0.717, 1.165) is 29.6 Å². The Bertz CT molecular complexity index is 504. The van der Waals surface area contributed by atoms with E-state index in [1.165, 1.54) is 37.9 Å². The highest BCUT2D eigenvalue weighted by Gasteiger charge is 2.43. The van der Waals surface area contributed by atoms with Gasteiger partial charge < -0.3 is 9.84 Å². The lowest BCUT2D eigenvalue weighted by atomic mass is 10.0. The summed E-state index contributed by atoms with van der Waals surface area (Å²) in [7, 11) is 1.68. The van der Waals surface area contributed by atoms with Gasteiger partial charge in [-0.05, 0) is 54.4 Å². The van der Waals surface area contributed by atoms with Crippen molar-refractivity contribution in [3.63, 3.8) is 0 Å². The number of benzene rings is 1. The van der Waals surface area contributed by atoms with Gasteiger partial charge in [-0.15, -0.1) is 0 Å². The van der Waals surface area contributed by atoms with Crippen molar-refractivity contribution in [3.05, 3.63) is 29.3 Å². The molecule has 1 saturated carbocycles. The molecule has 1 heterocycles. The smallest absolute Gasteiger partial charge is 0.119 e. The topological polar surface area (TPSA) is 32.7 Å². The summed E-state index contributed by atoms with van der Waals surface area (Å²) in [6, 6.07) is 6.42. The molecule has 1 aromatic rings. The van der Waals surface area contributed by atoms with Gasteiger partial charge in [0.05, 0.1) is 13.2 Å². The van der Waals surface area contributed by atoms with Crippen molar-refractivity contribution in [1.29, 1.82) is 0 Å². The molecule has 2 aliphatic carbocycles. The van der Waals surface area contributed by atoms with E-state index in [2.05, 4.69) is 11.0 Å². The van der Waals surface area contributed by atoms with E-state index in [0.29, 0.717) is 0 Å². The predicted molar refractivity (Wildman–Crippen MR) is 77.8 cm³/mol. The Hall–Kier alpha value is -1.06. The second-order valence-electron chi connectivity index (χ2n) is 6.69. The SMILES string of the molecule is COc1ccc2c(c1)C(O)C(N1CC3CCCC3C1)C2. The zero-order valence-electron chi connectivity index (χ0n) is 12.1. The average Bonchev–Trinajstić information content (AvgIpc) is 3.11. The molecular formula is C17H23NO2. The zero-order valence-corrected chi connectivity index (χ0v) is 12.1. The van der Waals surface area contributed by atoms with Gasteiger partial charge in [-0.1, -0.05) is 12.5 Å². The van der Waals surface area contributed by atoms with Gasteiger partial charge >= 0.3 is 0 Å². The van der Waals surface area contributed by atoms with Gasteiger partial charge in [0.25, 0.3) is 0 Å². The van der Waals surface area contributed by atoms with E-state index in [1.54, 1.807) is 7.11 Å². The number of nitrogens with zero attached hydrogens (tertiary/aromatic N) is 1. The molecule has 2 fully saturated rings. The van der Waals surface area contributed by atoms with E-state index in [4.69, 9.17) is 4.74 Å². The maximum atomic E-state index is 10.7. The molecule has 0 bridgehead atoms. The Morgan fingerprint density at radius 2 is 1.95 bits per heavy atom. The van der Waals surface area contributed by atoms with Crippen molar-refractivity contribution in [2.45, 2.75) is 37.8 Å². The number of hydrogen-bond acceptors (Lipinski definition) is 3. The molecule has 1 N–H and O–H groups in total. The van der Waals surface area contributed by atoms with Crippen molar-refractivity contribution in [2.24, 2.45) is 11.8 Å². The monoisotopic (exact) mass is 273 g/mol. The summed E-state index contributed by atoms with van der Waals surface area (Å²) in [5, 5.41) is 10.7. The lowest BCUT2D eigenvalue weighted by Gasteiger charge is -2.27. The highest BCUT2D eigenvalue weighted by Crippen LogP contribution is 2.43. The number of aliphatic hydroxyl groups is 1. The molecule has 1 aromatic carbocycles. The zero-order chi connectivity index (χ0) is 13.7. The molecule has 3 nitrogen and oxygen atoms in total. The van der Waals surface area contributed by atoms with E-state index in [9.17, 15) is 5.11 Å². The molecule has 108 valence electrons. The second-order valence-corrected chi connectivity index (χ2v) is 6.69. The van der Waals surface area contributed by atoms with Crippen molar-refractivity contribution in [1.82, 2.24) is 4.90 Å². The number of aliphatic hydroxyl groups excluding tert-OH is 1. The predicted octanol–water partition coefficient (Wildman–Crippen LogP) is 2.39. The first-order chi connectivity index (χ1) is 9.76. The van der Waals surface area contributed by atoms with Gasteiger partial charge in [-0.25, -0.2) is 0 Å². The number of hydrogen-bond donors (Lipinski definition) is 1. The lowest BCUT2D eigenvalue weighted by Crippen LogP contribution is -2.37. The van der Waals surface area contributed by atoms with Crippen LogP contribution in [0.1, 0.15) is 36.5 Å². The summed E-state index contributed by atoms with van der Waals surface area (Å²) in [4.78, 5) is 2.55. The normalized spacial score (nSPS) is 36.1. The molecule has 0 radical (unpaired) electrons.